The molecule has 124 valence electrons. The van der Waals surface area contributed by atoms with Crippen LogP contribution in [0.25, 0.3) is 11.5 Å². The van der Waals surface area contributed by atoms with Crippen molar-refractivity contribution in [1.29, 1.82) is 0 Å². The number of aromatic nitrogens is 3. The fourth-order valence-electron chi connectivity index (χ4n) is 2.22. The summed E-state index contributed by atoms with van der Waals surface area (Å²) in [6.07, 6.45) is 0.140. The van der Waals surface area contributed by atoms with Crippen LogP contribution in [0.4, 0.5) is 5.13 Å². The molecule has 8 heteroatoms. The van der Waals surface area contributed by atoms with Crippen molar-refractivity contribution in [3.8, 4) is 11.5 Å². The summed E-state index contributed by atoms with van der Waals surface area (Å²) < 4.78 is 5.67. The highest BCUT2D eigenvalue weighted by molar-refractivity contribution is 7.15. The van der Waals surface area contributed by atoms with E-state index >= 15 is 0 Å². The van der Waals surface area contributed by atoms with E-state index in [1.165, 1.54) is 11.3 Å². The fraction of sp³-hybridized carbons (Fsp3) is 0.250. The number of benzene rings is 1. The Morgan fingerprint density at radius 2 is 2.08 bits per heavy atom. The van der Waals surface area contributed by atoms with Gasteiger partial charge in [0.25, 0.3) is 0 Å². The lowest BCUT2D eigenvalue weighted by molar-refractivity contribution is -0.121. The van der Waals surface area contributed by atoms with Gasteiger partial charge < -0.3 is 15.5 Å². The highest BCUT2D eigenvalue weighted by atomic mass is 32.1. The number of nitrogens with zero attached hydrogens (tertiary/aromatic N) is 3. The molecule has 0 saturated heterocycles. The molecule has 1 unspecified atom stereocenters. The standard InChI is InChI=1S/C16H17N5O2S/c1-9(15-20-21-16(17)24-15)18-13(22)8-12-10(2)23-14(19-12)11-6-4-3-5-7-11/h3-7,9H,8H2,1-2H3,(H2,17,21)(H,18,22). The van der Waals surface area contributed by atoms with Gasteiger partial charge in [-0.1, -0.05) is 29.5 Å². The molecule has 0 aliphatic carbocycles. The predicted octanol–water partition coefficient (Wildman–Crippen LogP) is 2.50. The van der Waals surface area contributed by atoms with Gasteiger partial charge in [-0.15, -0.1) is 10.2 Å². The number of nitrogen functional groups attached to an aromatic ring is 1. The molecule has 0 aliphatic rings. The van der Waals surface area contributed by atoms with E-state index in [4.69, 9.17) is 10.2 Å². The first kappa shape index (κ1) is 16.1. The van der Waals surface area contributed by atoms with Crippen LogP contribution in [0.3, 0.4) is 0 Å². The van der Waals surface area contributed by atoms with Crippen LogP contribution >= 0.6 is 11.3 Å². The van der Waals surface area contributed by atoms with E-state index in [1.54, 1.807) is 6.92 Å². The second kappa shape index (κ2) is 6.79. The van der Waals surface area contributed by atoms with Crippen molar-refractivity contribution in [2.24, 2.45) is 0 Å². The molecule has 0 fully saturated rings. The van der Waals surface area contributed by atoms with E-state index in [2.05, 4.69) is 20.5 Å². The normalized spacial score (nSPS) is 12.1. The average Bonchev–Trinajstić information content (AvgIpc) is 3.15. The van der Waals surface area contributed by atoms with E-state index in [0.717, 1.165) is 5.56 Å². The van der Waals surface area contributed by atoms with Gasteiger partial charge in [0, 0.05) is 5.56 Å². The zero-order valence-corrected chi connectivity index (χ0v) is 14.1. The van der Waals surface area contributed by atoms with Crippen LogP contribution in [-0.2, 0) is 11.2 Å². The Morgan fingerprint density at radius 1 is 1.33 bits per heavy atom. The van der Waals surface area contributed by atoms with Gasteiger partial charge >= 0.3 is 0 Å². The molecule has 2 aromatic heterocycles. The number of anilines is 1. The third-order valence-electron chi connectivity index (χ3n) is 3.45. The number of carbonyl (C=O) groups is 1. The molecule has 1 aromatic carbocycles. The molecule has 3 N–H and O–H groups in total. The van der Waals surface area contributed by atoms with Gasteiger partial charge in [0.2, 0.25) is 16.9 Å². The lowest BCUT2D eigenvalue weighted by Crippen LogP contribution is -2.28. The van der Waals surface area contributed by atoms with E-state index in [9.17, 15) is 4.79 Å². The number of rotatable bonds is 5. The highest BCUT2D eigenvalue weighted by Crippen LogP contribution is 2.22. The Hall–Kier alpha value is -2.74. The van der Waals surface area contributed by atoms with Crippen molar-refractivity contribution in [3.05, 3.63) is 46.8 Å². The van der Waals surface area contributed by atoms with E-state index in [1.807, 2.05) is 37.3 Å². The molecular formula is C16H17N5O2S. The molecule has 1 amide bonds. The van der Waals surface area contributed by atoms with E-state index in [-0.39, 0.29) is 18.4 Å². The minimum atomic E-state index is -0.256. The molecule has 3 aromatic rings. The highest BCUT2D eigenvalue weighted by Gasteiger charge is 2.18. The SMILES string of the molecule is Cc1oc(-c2ccccc2)nc1CC(=O)NC(C)c1nnc(N)s1. The molecule has 3 rings (SSSR count). The number of hydrogen-bond acceptors (Lipinski definition) is 7. The molecule has 0 spiro atoms. The topological polar surface area (TPSA) is 107 Å². The number of carbonyl (C=O) groups excluding carboxylic acids is 1. The maximum Gasteiger partial charge on any atom is 0.226 e. The second-order valence-electron chi connectivity index (χ2n) is 5.33. The molecule has 0 bridgehead atoms. The number of oxazole rings is 1. The minimum Gasteiger partial charge on any atom is -0.441 e. The number of aryl methyl sites for hydroxylation is 1. The molecule has 0 radical (unpaired) electrons. The Balaban J connectivity index is 1.67. The van der Waals surface area contributed by atoms with Crippen molar-refractivity contribution < 1.29 is 9.21 Å². The molecule has 7 nitrogen and oxygen atoms in total. The Kier molecular flexibility index (Phi) is 4.57. The average molecular weight is 343 g/mol. The van der Waals surface area contributed by atoms with Gasteiger partial charge in [0.1, 0.15) is 10.8 Å². The maximum absolute atomic E-state index is 12.2. The number of hydrogen-bond donors (Lipinski definition) is 2. The lowest BCUT2D eigenvalue weighted by Gasteiger charge is -2.09. The zero-order valence-electron chi connectivity index (χ0n) is 13.3. The summed E-state index contributed by atoms with van der Waals surface area (Å²) in [6.45, 7) is 3.64. The van der Waals surface area contributed by atoms with Crippen LogP contribution < -0.4 is 11.1 Å². The largest absolute Gasteiger partial charge is 0.441 e. The molecule has 2 heterocycles. The number of nitrogens with one attached hydrogen (secondary N) is 1. The quantitative estimate of drug-likeness (QED) is 0.737. The lowest BCUT2D eigenvalue weighted by atomic mass is 10.2. The molecular weight excluding hydrogens is 326 g/mol. The molecule has 0 aliphatic heterocycles. The summed E-state index contributed by atoms with van der Waals surface area (Å²) in [5.41, 5.74) is 7.06. The Labute approximate surface area is 142 Å². The van der Waals surface area contributed by atoms with Gasteiger partial charge in [0.15, 0.2) is 0 Å². The first-order valence-corrected chi connectivity index (χ1v) is 8.24. The van der Waals surface area contributed by atoms with Gasteiger partial charge in [-0.2, -0.15) is 0 Å². The van der Waals surface area contributed by atoms with E-state index in [0.29, 0.717) is 27.5 Å². The summed E-state index contributed by atoms with van der Waals surface area (Å²) in [5.74, 6) is 0.991. The molecule has 0 saturated carbocycles. The number of nitrogens with two attached hydrogens (primary N) is 1. The van der Waals surface area contributed by atoms with Crippen molar-refractivity contribution >= 4 is 22.4 Å². The van der Waals surface area contributed by atoms with Crippen LogP contribution in [0.15, 0.2) is 34.7 Å². The van der Waals surface area contributed by atoms with Crippen LogP contribution in [-0.4, -0.2) is 21.1 Å². The van der Waals surface area contributed by atoms with Crippen LogP contribution in [0.5, 0.6) is 0 Å². The summed E-state index contributed by atoms with van der Waals surface area (Å²) in [5, 5.41) is 11.6. The van der Waals surface area contributed by atoms with Gasteiger partial charge in [-0.05, 0) is 26.0 Å². The van der Waals surface area contributed by atoms with Crippen LogP contribution in [0, 0.1) is 6.92 Å². The van der Waals surface area contributed by atoms with Crippen molar-refractivity contribution in [3.63, 3.8) is 0 Å². The summed E-state index contributed by atoms with van der Waals surface area (Å²) in [7, 11) is 0. The fourth-order valence-corrected chi connectivity index (χ4v) is 2.84. The van der Waals surface area contributed by atoms with E-state index < -0.39 is 0 Å². The Bertz CT molecular complexity index is 843. The third kappa shape index (κ3) is 3.60. The summed E-state index contributed by atoms with van der Waals surface area (Å²) in [4.78, 5) is 16.7. The zero-order chi connectivity index (χ0) is 17.1. The third-order valence-corrected chi connectivity index (χ3v) is 4.38. The summed E-state index contributed by atoms with van der Waals surface area (Å²) in [6, 6.07) is 9.32. The molecule has 24 heavy (non-hydrogen) atoms. The van der Waals surface area contributed by atoms with Crippen molar-refractivity contribution in [2.45, 2.75) is 26.3 Å². The smallest absolute Gasteiger partial charge is 0.226 e. The summed E-state index contributed by atoms with van der Waals surface area (Å²) >= 11 is 1.26. The second-order valence-corrected chi connectivity index (χ2v) is 6.37. The minimum absolute atomic E-state index is 0.140. The van der Waals surface area contributed by atoms with Crippen LogP contribution in [0.1, 0.15) is 29.4 Å². The number of amides is 1. The first-order valence-electron chi connectivity index (χ1n) is 7.43. The maximum atomic E-state index is 12.2. The van der Waals surface area contributed by atoms with Gasteiger partial charge in [0.05, 0.1) is 18.2 Å². The monoisotopic (exact) mass is 343 g/mol. The Morgan fingerprint density at radius 3 is 2.75 bits per heavy atom. The first-order chi connectivity index (χ1) is 11.5. The van der Waals surface area contributed by atoms with Gasteiger partial charge in [-0.3, -0.25) is 4.79 Å². The van der Waals surface area contributed by atoms with Crippen molar-refractivity contribution in [2.75, 3.05) is 5.73 Å². The van der Waals surface area contributed by atoms with Crippen LogP contribution in [0.2, 0.25) is 0 Å². The predicted molar refractivity (Wildman–Crippen MR) is 91.3 cm³/mol. The molecule has 1 atom stereocenters. The van der Waals surface area contributed by atoms with Crippen molar-refractivity contribution in [1.82, 2.24) is 20.5 Å². The van der Waals surface area contributed by atoms with Gasteiger partial charge in [-0.25, -0.2) is 4.98 Å².